The lowest BCUT2D eigenvalue weighted by atomic mass is 10.0. The highest BCUT2D eigenvalue weighted by molar-refractivity contribution is 5.75. The summed E-state index contributed by atoms with van der Waals surface area (Å²) in [5, 5.41) is 10.3. The van der Waals surface area contributed by atoms with Crippen molar-refractivity contribution >= 4 is 5.91 Å². The van der Waals surface area contributed by atoms with Crippen LogP contribution in [0, 0.1) is 5.92 Å². The Hall–Kier alpha value is -1.36. The summed E-state index contributed by atoms with van der Waals surface area (Å²) in [4.78, 5) is 11.6. The molecule has 1 aromatic rings. The van der Waals surface area contributed by atoms with E-state index in [9.17, 15) is 4.79 Å². The number of nitrogens with zero attached hydrogens (tertiary/aromatic N) is 2. The predicted octanol–water partition coefficient (Wildman–Crippen LogP) is 0.426. The molecule has 1 fully saturated rings. The molecule has 1 amide bonds. The molecule has 5 heteroatoms. The van der Waals surface area contributed by atoms with Gasteiger partial charge in [-0.2, -0.15) is 5.10 Å². The summed E-state index contributed by atoms with van der Waals surface area (Å²) in [6.07, 6.45) is 6.52. The smallest absolute Gasteiger partial charge is 0.220 e. The second-order valence-corrected chi connectivity index (χ2v) is 4.70. The standard InChI is InChI=1S/C12H20N4O/c1-16-9-11(8-15-16)7-14-12(17)3-2-10-4-5-13-6-10/h8-10,13H,2-7H2,1H3,(H,14,17). The number of hydrogen-bond donors (Lipinski definition) is 2. The van der Waals surface area contributed by atoms with Gasteiger partial charge in [0, 0.05) is 31.8 Å². The van der Waals surface area contributed by atoms with Crippen LogP contribution in [0.2, 0.25) is 0 Å². The van der Waals surface area contributed by atoms with E-state index in [4.69, 9.17) is 0 Å². The average Bonchev–Trinajstić information content (AvgIpc) is 2.95. The van der Waals surface area contributed by atoms with Crippen molar-refractivity contribution < 1.29 is 4.79 Å². The molecule has 94 valence electrons. The van der Waals surface area contributed by atoms with Gasteiger partial charge in [0.05, 0.1) is 6.20 Å². The number of nitrogens with one attached hydrogen (secondary N) is 2. The molecule has 1 unspecified atom stereocenters. The van der Waals surface area contributed by atoms with Crippen molar-refractivity contribution in [3.05, 3.63) is 18.0 Å². The SMILES string of the molecule is Cn1cc(CNC(=O)CCC2CCNC2)cn1. The maximum absolute atomic E-state index is 11.6. The minimum absolute atomic E-state index is 0.140. The van der Waals surface area contributed by atoms with E-state index in [1.807, 2.05) is 13.2 Å². The summed E-state index contributed by atoms with van der Waals surface area (Å²) >= 11 is 0. The quantitative estimate of drug-likeness (QED) is 0.779. The molecule has 1 aliphatic heterocycles. The zero-order valence-electron chi connectivity index (χ0n) is 10.3. The highest BCUT2D eigenvalue weighted by atomic mass is 16.1. The molecule has 1 aliphatic rings. The summed E-state index contributed by atoms with van der Waals surface area (Å²) in [5.74, 6) is 0.819. The topological polar surface area (TPSA) is 59.0 Å². The molecule has 1 aromatic heterocycles. The predicted molar refractivity (Wildman–Crippen MR) is 65.3 cm³/mol. The van der Waals surface area contributed by atoms with Crippen molar-refractivity contribution in [3.63, 3.8) is 0 Å². The molecule has 1 saturated heterocycles. The minimum atomic E-state index is 0.140. The van der Waals surface area contributed by atoms with E-state index in [2.05, 4.69) is 15.7 Å². The van der Waals surface area contributed by atoms with Gasteiger partial charge in [0.1, 0.15) is 0 Å². The molecular weight excluding hydrogens is 216 g/mol. The molecule has 0 saturated carbocycles. The first-order valence-corrected chi connectivity index (χ1v) is 6.19. The van der Waals surface area contributed by atoms with Crippen LogP contribution in [0.1, 0.15) is 24.8 Å². The van der Waals surface area contributed by atoms with Gasteiger partial charge >= 0.3 is 0 Å². The lowest BCUT2D eigenvalue weighted by Crippen LogP contribution is -2.23. The summed E-state index contributed by atoms with van der Waals surface area (Å²) in [7, 11) is 1.87. The van der Waals surface area contributed by atoms with Crippen molar-refractivity contribution in [1.29, 1.82) is 0 Å². The van der Waals surface area contributed by atoms with Crippen LogP contribution in [0.4, 0.5) is 0 Å². The number of aromatic nitrogens is 2. The van der Waals surface area contributed by atoms with Crippen LogP contribution >= 0.6 is 0 Å². The van der Waals surface area contributed by atoms with Crippen molar-refractivity contribution in [2.45, 2.75) is 25.8 Å². The van der Waals surface area contributed by atoms with E-state index < -0.39 is 0 Å². The van der Waals surface area contributed by atoms with Crippen molar-refractivity contribution in [3.8, 4) is 0 Å². The van der Waals surface area contributed by atoms with Crippen LogP contribution in [0.5, 0.6) is 0 Å². The number of rotatable bonds is 5. The number of aryl methyl sites for hydroxylation is 1. The first-order valence-electron chi connectivity index (χ1n) is 6.19. The Morgan fingerprint density at radius 1 is 1.71 bits per heavy atom. The molecule has 2 N–H and O–H groups in total. The normalized spacial score (nSPS) is 19.5. The van der Waals surface area contributed by atoms with Gasteiger partial charge in [0.2, 0.25) is 5.91 Å². The van der Waals surface area contributed by atoms with Gasteiger partial charge in [-0.25, -0.2) is 0 Å². The maximum atomic E-state index is 11.6. The van der Waals surface area contributed by atoms with Gasteiger partial charge < -0.3 is 10.6 Å². The number of hydrogen-bond acceptors (Lipinski definition) is 3. The summed E-state index contributed by atoms with van der Waals surface area (Å²) in [6, 6.07) is 0. The molecule has 0 aromatic carbocycles. The fourth-order valence-corrected chi connectivity index (χ4v) is 2.15. The lowest BCUT2D eigenvalue weighted by Gasteiger charge is -2.07. The molecule has 5 nitrogen and oxygen atoms in total. The summed E-state index contributed by atoms with van der Waals surface area (Å²) in [6.45, 7) is 2.74. The van der Waals surface area contributed by atoms with Crippen LogP contribution < -0.4 is 10.6 Å². The number of amides is 1. The molecule has 2 rings (SSSR count). The molecule has 0 radical (unpaired) electrons. The fourth-order valence-electron chi connectivity index (χ4n) is 2.15. The van der Waals surface area contributed by atoms with Crippen LogP contribution in [-0.2, 0) is 18.4 Å². The summed E-state index contributed by atoms with van der Waals surface area (Å²) < 4.78 is 1.74. The third kappa shape index (κ3) is 3.85. The minimum Gasteiger partial charge on any atom is -0.352 e. The van der Waals surface area contributed by atoms with Crippen LogP contribution in [0.25, 0.3) is 0 Å². The van der Waals surface area contributed by atoms with Crippen LogP contribution in [0.3, 0.4) is 0 Å². The number of carbonyl (C=O) groups is 1. The van der Waals surface area contributed by atoms with Crippen molar-refractivity contribution in [1.82, 2.24) is 20.4 Å². The molecule has 0 aliphatic carbocycles. The van der Waals surface area contributed by atoms with Gasteiger partial charge in [-0.15, -0.1) is 0 Å². The third-order valence-corrected chi connectivity index (χ3v) is 3.19. The molecule has 2 heterocycles. The Morgan fingerprint density at radius 2 is 2.59 bits per heavy atom. The van der Waals surface area contributed by atoms with Crippen molar-refractivity contribution in [2.75, 3.05) is 13.1 Å². The first kappa shape index (κ1) is 12.1. The monoisotopic (exact) mass is 236 g/mol. The maximum Gasteiger partial charge on any atom is 0.220 e. The van der Waals surface area contributed by atoms with E-state index in [-0.39, 0.29) is 5.91 Å². The lowest BCUT2D eigenvalue weighted by molar-refractivity contribution is -0.121. The zero-order chi connectivity index (χ0) is 12.1. The van der Waals surface area contributed by atoms with Crippen LogP contribution in [-0.4, -0.2) is 28.8 Å². The first-order chi connectivity index (χ1) is 8.24. The van der Waals surface area contributed by atoms with Gasteiger partial charge in [-0.05, 0) is 31.8 Å². The van der Waals surface area contributed by atoms with Crippen LogP contribution in [0.15, 0.2) is 12.4 Å². The van der Waals surface area contributed by atoms with E-state index in [1.165, 1.54) is 6.42 Å². The molecule has 0 spiro atoms. The average molecular weight is 236 g/mol. The van der Waals surface area contributed by atoms with Gasteiger partial charge in [0.25, 0.3) is 0 Å². The highest BCUT2D eigenvalue weighted by Crippen LogP contribution is 2.13. The van der Waals surface area contributed by atoms with Gasteiger partial charge in [-0.1, -0.05) is 0 Å². The molecular formula is C12H20N4O. The van der Waals surface area contributed by atoms with Gasteiger partial charge in [-0.3, -0.25) is 9.48 Å². The molecule has 0 bridgehead atoms. The molecule has 17 heavy (non-hydrogen) atoms. The van der Waals surface area contributed by atoms with Gasteiger partial charge in [0.15, 0.2) is 0 Å². The van der Waals surface area contributed by atoms with E-state index in [0.717, 1.165) is 25.1 Å². The zero-order valence-corrected chi connectivity index (χ0v) is 10.3. The van der Waals surface area contributed by atoms with E-state index in [1.54, 1.807) is 10.9 Å². The third-order valence-electron chi connectivity index (χ3n) is 3.19. The number of carbonyl (C=O) groups excluding carboxylic acids is 1. The fraction of sp³-hybridized carbons (Fsp3) is 0.667. The largest absolute Gasteiger partial charge is 0.352 e. The van der Waals surface area contributed by atoms with E-state index >= 15 is 0 Å². The van der Waals surface area contributed by atoms with Crippen molar-refractivity contribution in [2.24, 2.45) is 13.0 Å². The Balaban J connectivity index is 1.63. The van der Waals surface area contributed by atoms with E-state index in [0.29, 0.717) is 18.9 Å². The Bertz CT molecular complexity index is 368. The second-order valence-electron chi connectivity index (χ2n) is 4.70. The highest BCUT2D eigenvalue weighted by Gasteiger charge is 2.15. The molecule has 1 atom stereocenters. The summed E-state index contributed by atoms with van der Waals surface area (Å²) in [5.41, 5.74) is 1.04. The Kier molecular flexibility index (Phi) is 4.14. The second kappa shape index (κ2) is 5.82. The Labute approximate surface area is 102 Å². The Morgan fingerprint density at radius 3 is 3.24 bits per heavy atom.